The third-order valence-electron chi connectivity index (χ3n) is 3.95. The predicted octanol–water partition coefficient (Wildman–Crippen LogP) is 1.07. The van der Waals surface area contributed by atoms with Crippen LogP contribution in [-0.2, 0) is 9.53 Å². The molecule has 0 aromatic heterocycles. The van der Waals surface area contributed by atoms with Crippen LogP contribution in [0.4, 0.5) is 0 Å². The molecule has 2 fully saturated rings. The molecule has 1 unspecified atom stereocenters. The fourth-order valence-corrected chi connectivity index (χ4v) is 3.40. The molecular weight excluding hydrogens is 244 g/mol. The average molecular weight is 270 g/mol. The standard InChI is InChI=1S/C14H26N2O3/c1-12(2)7-16(8-13(3,4)19-12)9-14(15,11(17)18)10-5-6-10/h10H,5-9,15H2,1-4H3,(H,17,18). The summed E-state index contributed by atoms with van der Waals surface area (Å²) in [5, 5.41) is 9.45. The number of hydrogen-bond donors (Lipinski definition) is 2. The van der Waals surface area contributed by atoms with Gasteiger partial charge < -0.3 is 15.6 Å². The zero-order chi connectivity index (χ0) is 14.5. The lowest BCUT2D eigenvalue weighted by Gasteiger charge is -2.48. The van der Waals surface area contributed by atoms with Gasteiger partial charge in [0, 0.05) is 19.6 Å². The maximum absolute atomic E-state index is 11.5. The van der Waals surface area contributed by atoms with Gasteiger partial charge >= 0.3 is 5.97 Å². The second kappa shape index (κ2) is 4.43. The van der Waals surface area contributed by atoms with Gasteiger partial charge in [0.2, 0.25) is 0 Å². The van der Waals surface area contributed by atoms with Crippen LogP contribution in [0.3, 0.4) is 0 Å². The molecule has 0 radical (unpaired) electrons. The van der Waals surface area contributed by atoms with Gasteiger partial charge in [0.25, 0.3) is 0 Å². The second-order valence-corrected chi connectivity index (χ2v) is 7.39. The number of morpholine rings is 1. The van der Waals surface area contributed by atoms with Gasteiger partial charge in [0.1, 0.15) is 5.54 Å². The van der Waals surface area contributed by atoms with E-state index >= 15 is 0 Å². The third kappa shape index (κ3) is 3.27. The molecule has 1 saturated heterocycles. The maximum atomic E-state index is 11.5. The normalized spacial score (nSPS) is 29.7. The van der Waals surface area contributed by atoms with Crippen molar-refractivity contribution in [1.82, 2.24) is 4.90 Å². The van der Waals surface area contributed by atoms with Gasteiger partial charge in [-0.15, -0.1) is 0 Å². The molecule has 1 atom stereocenters. The van der Waals surface area contributed by atoms with Crippen molar-refractivity contribution in [3.05, 3.63) is 0 Å². The first-order valence-corrected chi connectivity index (χ1v) is 6.99. The Morgan fingerprint density at radius 3 is 2.16 bits per heavy atom. The summed E-state index contributed by atoms with van der Waals surface area (Å²) in [5.74, 6) is -0.754. The van der Waals surface area contributed by atoms with Gasteiger partial charge in [0.05, 0.1) is 11.2 Å². The smallest absolute Gasteiger partial charge is 0.325 e. The summed E-state index contributed by atoms with van der Waals surface area (Å²) in [5.41, 5.74) is 4.52. The first kappa shape index (κ1) is 14.8. The van der Waals surface area contributed by atoms with Gasteiger partial charge in [-0.1, -0.05) is 0 Å². The SMILES string of the molecule is CC1(C)CN(CC(N)(C(=O)O)C2CC2)CC(C)(C)O1. The van der Waals surface area contributed by atoms with Crippen LogP contribution in [0.5, 0.6) is 0 Å². The Kier molecular flexibility index (Phi) is 3.44. The number of carboxylic acid groups (broad SMARTS) is 1. The Balaban J connectivity index is 2.11. The summed E-state index contributed by atoms with van der Waals surface area (Å²) in [6.07, 6.45) is 1.86. The first-order valence-electron chi connectivity index (χ1n) is 6.99. The van der Waals surface area contributed by atoms with Crippen LogP contribution in [0, 0.1) is 5.92 Å². The van der Waals surface area contributed by atoms with Gasteiger partial charge in [-0.05, 0) is 46.5 Å². The van der Waals surface area contributed by atoms with Crippen LogP contribution in [0.1, 0.15) is 40.5 Å². The Morgan fingerprint density at radius 1 is 1.32 bits per heavy atom. The van der Waals surface area contributed by atoms with Crippen molar-refractivity contribution in [2.24, 2.45) is 11.7 Å². The molecule has 0 aromatic rings. The molecule has 1 aliphatic heterocycles. The van der Waals surface area contributed by atoms with Gasteiger partial charge in [-0.25, -0.2) is 0 Å². The molecular formula is C14H26N2O3. The average Bonchev–Trinajstić information content (AvgIpc) is 2.93. The Bertz CT molecular complexity index is 361. The van der Waals surface area contributed by atoms with Crippen molar-refractivity contribution in [3.8, 4) is 0 Å². The molecule has 1 heterocycles. The topological polar surface area (TPSA) is 75.8 Å². The van der Waals surface area contributed by atoms with Gasteiger partial charge in [0.15, 0.2) is 0 Å². The summed E-state index contributed by atoms with van der Waals surface area (Å²) >= 11 is 0. The van der Waals surface area contributed by atoms with E-state index in [2.05, 4.69) is 4.90 Å². The Hall–Kier alpha value is -0.650. The molecule has 0 aromatic carbocycles. The van der Waals surface area contributed by atoms with Gasteiger partial charge in [-0.3, -0.25) is 9.69 Å². The van der Waals surface area contributed by atoms with Crippen LogP contribution < -0.4 is 5.73 Å². The number of nitrogens with two attached hydrogens (primary N) is 1. The van der Waals surface area contributed by atoms with Crippen LogP contribution >= 0.6 is 0 Å². The van der Waals surface area contributed by atoms with Crippen LogP contribution in [0.25, 0.3) is 0 Å². The van der Waals surface area contributed by atoms with Crippen LogP contribution in [0.2, 0.25) is 0 Å². The zero-order valence-corrected chi connectivity index (χ0v) is 12.4. The summed E-state index contributed by atoms with van der Waals surface area (Å²) in [6, 6.07) is 0. The fourth-order valence-electron chi connectivity index (χ4n) is 3.40. The number of nitrogens with zero attached hydrogens (tertiary/aromatic N) is 1. The molecule has 2 aliphatic rings. The molecule has 1 saturated carbocycles. The highest BCUT2D eigenvalue weighted by Crippen LogP contribution is 2.40. The maximum Gasteiger partial charge on any atom is 0.325 e. The van der Waals surface area contributed by atoms with Crippen molar-refractivity contribution in [3.63, 3.8) is 0 Å². The van der Waals surface area contributed by atoms with Crippen LogP contribution in [0.15, 0.2) is 0 Å². The molecule has 2 rings (SSSR count). The summed E-state index contributed by atoms with van der Waals surface area (Å²) in [7, 11) is 0. The molecule has 0 spiro atoms. The minimum Gasteiger partial charge on any atom is -0.480 e. The van der Waals surface area contributed by atoms with Crippen molar-refractivity contribution in [2.45, 2.75) is 57.3 Å². The molecule has 19 heavy (non-hydrogen) atoms. The summed E-state index contributed by atoms with van der Waals surface area (Å²) in [4.78, 5) is 13.7. The van der Waals surface area contributed by atoms with E-state index in [0.29, 0.717) is 6.54 Å². The summed E-state index contributed by atoms with van der Waals surface area (Å²) < 4.78 is 6.01. The van der Waals surface area contributed by atoms with Crippen molar-refractivity contribution < 1.29 is 14.6 Å². The Labute approximate surface area is 115 Å². The largest absolute Gasteiger partial charge is 0.480 e. The van der Waals surface area contributed by atoms with E-state index in [0.717, 1.165) is 25.9 Å². The van der Waals surface area contributed by atoms with Crippen molar-refractivity contribution in [2.75, 3.05) is 19.6 Å². The third-order valence-corrected chi connectivity index (χ3v) is 3.95. The number of carbonyl (C=O) groups is 1. The van der Waals surface area contributed by atoms with Crippen molar-refractivity contribution >= 4 is 5.97 Å². The second-order valence-electron chi connectivity index (χ2n) is 7.39. The molecule has 0 amide bonds. The molecule has 1 aliphatic carbocycles. The highest BCUT2D eigenvalue weighted by atomic mass is 16.5. The van der Waals surface area contributed by atoms with Crippen molar-refractivity contribution in [1.29, 1.82) is 0 Å². The Morgan fingerprint density at radius 2 is 1.79 bits per heavy atom. The minimum absolute atomic E-state index is 0.124. The van der Waals surface area contributed by atoms with E-state index in [1.165, 1.54) is 0 Å². The molecule has 110 valence electrons. The van der Waals surface area contributed by atoms with E-state index in [9.17, 15) is 9.90 Å². The number of rotatable bonds is 4. The van der Waals surface area contributed by atoms with E-state index in [4.69, 9.17) is 10.5 Å². The first-order chi connectivity index (χ1) is 8.54. The van der Waals surface area contributed by atoms with E-state index in [-0.39, 0.29) is 17.1 Å². The quantitative estimate of drug-likeness (QED) is 0.799. The minimum atomic E-state index is -1.11. The monoisotopic (exact) mass is 270 g/mol. The number of hydrogen-bond acceptors (Lipinski definition) is 4. The number of ether oxygens (including phenoxy) is 1. The van der Waals surface area contributed by atoms with E-state index in [1.54, 1.807) is 0 Å². The molecule has 3 N–H and O–H groups in total. The molecule has 0 bridgehead atoms. The number of aliphatic carboxylic acids is 1. The highest BCUT2D eigenvalue weighted by Gasteiger charge is 2.51. The van der Waals surface area contributed by atoms with Crippen LogP contribution in [-0.4, -0.2) is 52.4 Å². The molecule has 5 nitrogen and oxygen atoms in total. The highest BCUT2D eigenvalue weighted by molar-refractivity contribution is 5.79. The molecule has 5 heteroatoms. The van der Waals surface area contributed by atoms with Gasteiger partial charge in [-0.2, -0.15) is 0 Å². The lowest BCUT2D eigenvalue weighted by atomic mass is 9.91. The lowest BCUT2D eigenvalue weighted by Crippen LogP contribution is -2.64. The fraction of sp³-hybridized carbons (Fsp3) is 0.929. The predicted molar refractivity (Wildman–Crippen MR) is 73.0 cm³/mol. The number of carboxylic acids is 1. The lowest BCUT2D eigenvalue weighted by molar-refractivity contribution is -0.185. The van der Waals surface area contributed by atoms with E-state index < -0.39 is 11.5 Å². The van der Waals surface area contributed by atoms with E-state index in [1.807, 2.05) is 27.7 Å². The summed E-state index contributed by atoms with van der Waals surface area (Å²) in [6.45, 7) is 10.00. The zero-order valence-electron chi connectivity index (χ0n) is 12.4.